The maximum atomic E-state index is 12.5. The predicted octanol–water partition coefficient (Wildman–Crippen LogP) is 4.77. The molecular formula is C20H12Cl2N2O4S. The summed E-state index contributed by atoms with van der Waals surface area (Å²) < 4.78 is 33.7. The second kappa shape index (κ2) is 7.51. The van der Waals surface area contributed by atoms with Crippen LogP contribution in [0, 0.1) is 0 Å². The first-order valence-corrected chi connectivity index (χ1v) is 10.5. The van der Waals surface area contributed by atoms with Gasteiger partial charge in [0.15, 0.2) is 11.6 Å². The van der Waals surface area contributed by atoms with E-state index in [2.05, 4.69) is 9.71 Å². The van der Waals surface area contributed by atoms with Crippen molar-refractivity contribution in [2.75, 3.05) is 5.32 Å². The number of sulfonamides is 1. The lowest BCUT2D eigenvalue weighted by atomic mass is 10.2. The van der Waals surface area contributed by atoms with E-state index in [1.807, 2.05) is 0 Å². The summed E-state index contributed by atoms with van der Waals surface area (Å²) in [4.78, 5) is 12.6. The maximum absolute atomic E-state index is 12.5. The standard InChI is InChI=1S/C20H12Cl2N2O4S/c21-14-10-9-12(11-15(14)22)20(25)28-17-7-3-2-6-16(17)23-19-13-5-1-4-8-18(13)29(26,27)24-19/h1-11H,(H,23,24). The Kier molecular flexibility index (Phi) is 5.04. The lowest BCUT2D eigenvalue weighted by Gasteiger charge is -2.12. The zero-order chi connectivity index (χ0) is 20.6. The number of para-hydroxylation sites is 2. The lowest BCUT2D eigenvalue weighted by molar-refractivity contribution is 0.0736. The van der Waals surface area contributed by atoms with Gasteiger partial charge in [-0.3, -0.25) is 0 Å². The van der Waals surface area contributed by atoms with Gasteiger partial charge >= 0.3 is 5.97 Å². The summed E-state index contributed by atoms with van der Waals surface area (Å²) in [5.74, 6) is -0.286. The number of nitrogens with one attached hydrogen (secondary N) is 1. The van der Waals surface area contributed by atoms with Crippen LogP contribution in [0.2, 0.25) is 10.0 Å². The summed E-state index contributed by atoms with van der Waals surface area (Å²) in [7, 11) is -3.77. The summed E-state index contributed by atoms with van der Waals surface area (Å²) in [6.45, 7) is 0. The summed E-state index contributed by atoms with van der Waals surface area (Å²) in [5, 5.41) is 3.50. The first-order valence-electron chi connectivity index (χ1n) is 8.33. The molecule has 0 saturated heterocycles. The lowest BCUT2D eigenvalue weighted by Crippen LogP contribution is -2.14. The number of benzene rings is 3. The smallest absolute Gasteiger partial charge is 0.343 e. The highest BCUT2D eigenvalue weighted by atomic mass is 35.5. The van der Waals surface area contributed by atoms with E-state index in [1.54, 1.807) is 42.5 Å². The summed E-state index contributed by atoms with van der Waals surface area (Å²) in [6, 6.07) is 17.5. The fourth-order valence-corrected chi connectivity index (χ4v) is 4.24. The molecule has 0 bridgehead atoms. The number of hydrogen-bond donors (Lipinski definition) is 1. The van der Waals surface area contributed by atoms with Gasteiger partial charge in [-0.05, 0) is 42.5 Å². The Bertz CT molecular complexity index is 1270. The number of hydrogen-bond acceptors (Lipinski definition) is 5. The average molecular weight is 447 g/mol. The second-order valence-electron chi connectivity index (χ2n) is 6.05. The normalized spacial score (nSPS) is 14.1. The molecule has 9 heteroatoms. The van der Waals surface area contributed by atoms with Crippen LogP contribution < -0.4 is 10.1 Å². The third-order valence-corrected chi connectivity index (χ3v) is 6.20. The number of carbonyl (C=O) groups is 1. The fraction of sp³-hybridized carbons (Fsp3) is 0. The molecule has 0 atom stereocenters. The van der Waals surface area contributed by atoms with E-state index in [1.165, 1.54) is 24.3 Å². The van der Waals surface area contributed by atoms with Gasteiger partial charge in [0, 0.05) is 5.56 Å². The minimum atomic E-state index is -3.77. The molecule has 0 radical (unpaired) electrons. The van der Waals surface area contributed by atoms with Crippen LogP contribution in [0.3, 0.4) is 0 Å². The van der Waals surface area contributed by atoms with Gasteiger partial charge in [0.05, 0.1) is 21.3 Å². The van der Waals surface area contributed by atoms with Gasteiger partial charge in [-0.2, -0.15) is 8.42 Å². The molecule has 146 valence electrons. The van der Waals surface area contributed by atoms with Gasteiger partial charge in [-0.15, -0.1) is 4.40 Å². The molecule has 0 spiro atoms. The van der Waals surface area contributed by atoms with Gasteiger partial charge in [0.1, 0.15) is 4.90 Å². The van der Waals surface area contributed by atoms with Crippen molar-refractivity contribution in [1.82, 2.24) is 0 Å². The Labute approximate surface area is 176 Å². The number of halogens is 2. The second-order valence-corrected chi connectivity index (χ2v) is 8.44. The van der Waals surface area contributed by atoms with Crippen molar-refractivity contribution in [3.05, 3.63) is 87.9 Å². The molecule has 6 nitrogen and oxygen atoms in total. The molecule has 1 aliphatic heterocycles. The molecular weight excluding hydrogens is 435 g/mol. The quantitative estimate of drug-likeness (QED) is 0.462. The maximum Gasteiger partial charge on any atom is 0.343 e. The van der Waals surface area contributed by atoms with Crippen LogP contribution in [0.25, 0.3) is 0 Å². The monoisotopic (exact) mass is 446 g/mol. The zero-order valence-corrected chi connectivity index (χ0v) is 16.9. The molecule has 4 rings (SSSR count). The minimum Gasteiger partial charge on any atom is -0.421 e. The van der Waals surface area contributed by atoms with Crippen LogP contribution in [0.1, 0.15) is 15.9 Å². The molecule has 0 aromatic heterocycles. The van der Waals surface area contributed by atoms with Crippen LogP contribution in [0.4, 0.5) is 5.69 Å². The molecule has 1 aliphatic rings. The SMILES string of the molecule is O=C(Oc1ccccc1NC1=NS(=O)(=O)c2ccccc21)c1ccc(Cl)c(Cl)c1. The Morgan fingerprint density at radius 1 is 0.931 bits per heavy atom. The van der Waals surface area contributed by atoms with Gasteiger partial charge in [-0.1, -0.05) is 47.5 Å². The van der Waals surface area contributed by atoms with Crippen LogP contribution in [0.5, 0.6) is 5.75 Å². The largest absolute Gasteiger partial charge is 0.421 e. The first kappa shape index (κ1) is 19.4. The molecule has 0 amide bonds. The van der Waals surface area contributed by atoms with E-state index in [4.69, 9.17) is 27.9 Å². The number of nitrogens with zero attached hydrogens (tertiary/aromatic N) is 1. The third kappa shape index (κ3) is 3.85. The van der Waals surface area contributed by atoms with Crippen molar-refractivity contribution in [1.29, 1.82) is 0 Å². The van der Waals surface area contributed by atoms with Crippen molar-refractivity contribution in [2.45, 2.75) is 4.90 Å². The van der Waals surface area contributed by atoms with E-state index in [0.29, 0.717) is 16.3 Å². The number of fused-ring (bicyclic) bond motifs is 1. The highest BCUT2D eigenvalue weighted by molar-refractivity contribution is 7.90. The van der Waals surface area contributed by atoms with Crippen molar-refractivity contribution in [3.63, 3.8) is 0 Å². The van der Waals surface area contributed by atoms with Gasteiger partial charge in [0.25, 0.3) is 10.0 Å². The predicted molar refractivity (Wildman–Crippen MR) is 112 cm³/mol. The van der Waals surface area contributed by atoms with Crippen LogP contribution in [-0.2, 0) is 10.0 Å². The highest BCUT2D eigenvalue weighted by Crippen LogP contribution is 2.31. The zero-order valence-electron chi connectivity index (χ0n) is 14.6. The van der Waals surface area contributed by atoms with Crippen molar-refractivity contribution in [3.8, 4) is 5.75 Å². The van der Waals surface area contributed by atoms with E-state index < -0.39 is 16.0 Å². The van der Waals surface area contributed by atoms with Crippen LogP contribution in [0.15, 0.2) is 76.0 Å². The molecule has 3 aromatic carbocycles. The molecule has 0 aliphatic carbocycles. The Morgan fingerprint density at radius 3 is 2.45 bits per heavy atom. The average Bonchev–Trinajstić information content (AvgIpc) is 2.96. The summed E-state index contributed by atoms with van der Waals surface area (Å²) in [6.07, 6.45) is 0. The van der Waals surface area contributed by atoms with Crippen molar-refractivity contribution in [2.24, 2.45) is 4.40 Å². The Hall–Kier alpha value is -2.87. The Morgan fingerprint density at radius 2 is 1.66 bits per heavy atom. The summed E-state index contributed by atoms with van der Waals surface area (Å²) >= 11 is 11.8. The van der Waals surface area contributed by atoms with Gasteiger partial charge < -0.3 is 10.1 Å². The molecule has 1 N–H and O–H groups in total. The number of esters is 1. The number of carbonyl (C=O) groups excluding carboxylic acids is 1. The number of amidine groups is 1. The fourth-order valence-electron chi connectivity index (χ4n) is 2.76. The molecule has 1 heterocycles. The van der Waals surface area contributed by atoms with Crippen molar-refractivity contribution >= 4 is 50.7 Å². The third-order valence-electron chi connectivity index (χ3n) is 4.13. The molecule has 3 aromatic rings. The minimum absolute atomic E-state index is 0.118. The highest BCUT2D eigenvalue weighted by Gasteiger charge is 2.29. The Balaban J connectivity index is 1.63. The topological polar surface area (TPSA) is 84.8 Å². The van der Waals surface area contributed by atoms with Crippen LogP contribution >= 0.6 is 23.2 Å². The van der Waals surface area contributed by atoms with E-state index in [0.717, 1.165) is 0 Å². The number of anilines is 1. The summed E-state index contributed by atoms with van der Waals surface area (Å²) in [5.41, 5.74) is 1.05. The number of ether oxygens (including phenoxy) is 1. The van der Waals surface area contributed by atoms with E-state index in [9.17, 15) is 13.2 Å². The molecule has 0 saturated carbocycles. The van der Waals surface area contributed by atoms with Gasteiger partial charge in [0.2, 0.25) is 0 Å². The van der Waals surface area contributed by atoms with Crippen molar-refractivity contribution < 1.29 is 17.9 Å². The van der Waals surface area contributed by atoms with Crippen LogP contribution in [-0.4, -0.2) is 20.2 Å². The van der Waals surface area contributed by atoms with Gasteiger partial charge in [-0.25, -0.2) is 4.79 Å². The van der Waals surface area contributed by atoms with E-state index in [-0.39, 0.29) is 27.1 Å². The number of rotatable bonds is 3. The molecule has 0 fully saturated rings. The molecule has 29 heavy (non-hydrogen) atoms. The molecule has 0 unspecified atom stereocenters. The first-order chi connectivity index (χ1) is 13.8. The van der Waals surface area contributed by atoms with E-state index >= 15 is 0 Å².